The van der Waals surface area contributed by atoms with Crippen molar-refractivity contribution in [3.05, 3.63) is 168 Å². The summed E-state index contributed by atoms with van der Waals surface area (Å²) in [7, 11) is 0. The third kappa shape index (κ3) is 6.27. The molecule has 261 valence electrons. The van der Waals surface area contributed by atoms with E-state index < -0.39 is 5.89 Å². The van der Waals surface area contributed by atoms with Crippen molar-refractivity contribution < 1.29 is 25.9 Å². The van der Waals surface area contributed by atoms with E-state index in [2.05, 4.69) is 133 Å². The van der Waals surface area contributed by atoms with Gasteiger partial charge in [0.2, 0.25) is 0 Å². The van der Waals surface area contributed by atoms with Gasteiger partial charge in [0.25, 0.3) is 0 Å². The van der Waals surface area contributed by atoms with Gasteiger partial charge in [-0.3, -0.25) is 0 Å². The Morgan fingerprint density at radius 1 is 0.642 bits per heavy atom. The minimum atomic E-state index is -0.634. The van der Waals surface area contributed by atoms with Crippen molar-refractivity contribution in [3.8, 4) is 33.6 Å². The zero-order valence-corrected chi connectivity index (χ0v) is 32.5. The topological polar surface area (TPSA) is 38.9 Å². The molecule has 53 heavy (non-hydrogen) atoms. The fourth-order valence-electron chi connectivity index (χ4n) is 7.53. The average molecular weight is 864 g/mol. The van der Waals surface area contributed by atoms with Crippen LogP contribution in [-0.2, 0) is 26.5 Å². The first-order valence-corrected chi connectivity index (χ1v) is 18.0. The van der Waals surface area contributed by atoms with Crippen molar-refractivity contribution in [1.82, 2.24) is 9.97 Å². The summed E-state index contributed by atoms with van der Waals surface area (Å²) >= 11 is 0. The molecule has 0 N–H and O–H groups in total. The Bertz CT molecular complexity index is 2850. The van der Waals surface area contributed by atoms with Gasteiger partial charge < -0.3 is 14.4 Å². The van der Waals surface area contributed by atoms with Crippen LogP contribution >= 0.6 is 0 Å². The number of pyridine rings is 2. The van der Waals surface area contributed by atoms with E-state index in [0.29, 0.717) is 5.92 Å². The van der Waals surface area contributed by atoms with E-state index in [4.69, 9.17) is 5.79 Å². The number of rotatable bonds is 4. The van der Waals surface area contributed by atoms with E-state index in [-0.39, 0.29) is 20.1 Å². The van der Waals surface area contributed by atoms with Gasteiger partial charge in [-0.15, -0.1) is 47.3 Å². The van der Waals surface area contributed by atoms with Crippen molar-refractivity contribution in [2.75, 3.05) is 0 Å². The van der Waals surface area contributed by atoms with Crippen LogP contribution in [0.3, 0.4) is 0 Å². The van der Waals surface area contributed by atoms with Gasteiger partial charge >= 0.3 is 0 Å². The quantitative estimate of drug-likeness (QED) is 0.131. The monoisotopic (exact) mass is 864 g/mol. The molecule has 6 aromatic carbocycles. The number of fused-ring (bicyclic) bond motifs is 10. The van der Waals surface area contributed by atoms with Gasteiger partial charge in [-0.05, 0) is 57.4 Å². The van der Waals surface area contributed by atoms with Crippen molar-refractivity contribution >= 4 is 43.5 Å². The summed E-state index contributed by atoms with van der Waals surface area (Å²) in [6, 6.07) is 48.9. The first-order valence-electron chi connectivity index (χ1n) is 18.5. The van der Waals surface area contributed by atoms with E-state index in [9.17, 15) is 0 Å². The van der Waals surface area contributed by atoms with Crippen molar-refractivity contribution in [1.29, 1.82) is 0 Å². The van der Waals surface area contributed by atoms with Crippen LogP contribution in [0.15, 0.2) is 138 Å². The zero-order chi connectivity index (χ0) is 36.3. The van der Waals surface area contributed by atoms with Crippen molar-refractivity contribution in [2.24, 2.45) is 0 Å². The molecule has 0 aliphatic heterocycles. The Labute approximate surface area is 325 Å². The minimum absolute atomic E-state index is 0. The van der Waals surface area contributed by atoms with E-state index in [1.165, 1.54) is 54.7 Å². The molecule has 1 aliphatic rings. The maximum atomic E-state index is 8.22. The first kappa shape index (κ1) is 33.4. The Hall–Kier alpha value is -5.41. The van der Waals surface area contributed by atoms with Gasteiger partial charge in [0, 0.05) is 51.2 Å². The van der Waals surface area contributed by atoms with E-state index in [0.717, 1.165) is 51.1 Å². The number of hydrogen-bond acceptors (Lipinski definition) is 3. The maximum absolute atomic E-state index is 8.22. The molecule has 3 aromatic heterocycles. The van der Waals surface area contributed by atoms with Crippen molar-refractivity contribution in [2.45, 2.75) is 45.9 Å². The summed E-state index contributed by atoms with van der Waals surface area (Å²) in [5.41, 5.74) is 13.0. The second-order valence-electron chi connectivity index (χ2n) is 14.2. The summed E-state index contributed by atoms with van der Waals surface area (Å²) in [5.74, 6) is -0.182. The van der Waals surface area contributed by atoms with Crippen LogP contribution in [0.5, 0.6) is 0 Å². The Kier molecular flexibility index (Phi) is 8.95. The van der Waals surface area contributed by atoms with Gasteiger partial charge in [0.1, 0.15) is 5.58 Å². The number of hydrogen-bond donors (Lipinski definition) is 0. The molecule has 3 heterocycles. The molecule has 0 bridgehead atoms. The van der Waals surface area contributed by atoms with Crippen LogP contribution in [0.1, 0.15) is 63.1 Å². The molecular formula is C49H38IrN2O-2. The van der Waals surface area contributed by atoms with Crippen LogP contribution in [0, 0.1) is 12.1 Å². The molecule has 0 saturated carbocycles. The molecule has 0 fully saturated rings. The molecule has 0 saturated heterocycles. The molecule has 9 aromatic rings. The summed E-state index contributed by atoms with van der Waals surface area (Å²) in [4.78, 5) is 9.10. The molecule has 3 nitrogen and oxygen atoms in total. The Balaban J connectivity index is 0.000000153. The minimum Gasteiger partial charge on any atom is -0.500 e. The Morgan fingerprint density at radius 3 is 2.23 bits per heavy atom. The van der Waals surface area contributed by atoms with E-state index >= 15 is 0 Å². The second-order valence-corrected chi connectivity index (χ2v) is 14.2. The molecule has 4 heteroatoms. The Morgan fingerprint density at radius 2 is 1.38 bits per heavy atom. The third-order valence-corrected chi connectivity index (χ3v) is 10.4. The number of benzene rings is 6. The fourth-order valence-corrected chi connectivity index (χ4v) is 7.53. The molecule has 10 rings (SSSR count). The van der Waals surface area contributed by atoms with Gasteiger partial charge in [-0.25, -0.2) is 0 Å². The van der Waals surface area contributed by atoms with Crippen LogP contribution in [0.2, 0.25) is 0 Å². The van der Waals surface area contributed by atoms with Crippen LogP contribution in [0.25, 0.3) is 77.1 Å². The number of aromatic nitrogens is 2. The van der Waals surface area contributed by atoms with Gasteiger partial charge in [0.05, 0.1) is 5.58 Å². The summed E-state index contributed by atoms with van der Waals surface area (Å²) in [6.07, 6.45) is 4.58. The third-order valence-electron chi connectivity index (χ3n) is 10.4. The molecule has 0 amide bonds. The molecule has 0 unspecified atom stereocenters. The summed E-state index contributed by atoms with van der Waals surface area (Å²) in [5, 5.41) is 7.16. The maximum Gasteiger partial charge on any atom is 0.125 e. The molecule has 0 spiro atoms. The first-order chi connectivity index (χ1) is 25.7. The van der Waals surface area contributed by atoms with Gasteiger partial charge in [-0.1, -0.05) is 145 Å². The average Bonchev–Trinajstić information content (AvgIpc) is 3.76. The summed E-state index contributed by atoms with van der Waals surface area (Å²) in [6.45, 7) is 8.18. The largest absolute Gasteiger partial charge is 0.500 e. The standard InChI is InChI=1S/C27H20NO.C22H18N.Ir/c1-16(2)17-12-13-28-25(15-17)23-9-5-8-21-22-11-10-20-19-7-4-3-6-18(19)14-24(20)27(22)29-26(21)23;1-15(2)17-11-12-23-22(14-17)19-9-10-21-18(13-19)8-7-16-5-3-4-6-20(16)21;/h3-8,10-13,15-16H,14H2,1-2H3;3-8,10-15H,1-2H3;/q2*-1;/i;15D;. The number of nitrogens with zero attached hydrogens (tertiary/aromatic N) is 2. The van der Waals surface area contributed by atoms with Crippen LogP contribution in [0.4, 0.5) is 0 Å². The smallest absolute Gasteiger partial charge is 0.125 e. The van der Waals surface area contributed by atoms with Gasteiger partial charge in [0.15, 0.2) is 0 Å². The van der Waals surface area contributed by atoms with E-state index in [1.807, 2.05) is 44.3 Å². The van der Waals surface area contributed by atoms with Crippen LogP contribution < -0.4 is 0 Å². The molecular weight excluding hydrogens is 825 g/mol. The second kappa shape index (κ2) is 14.2. The SMILES string of the molecule is CC(C)c1ccnc(-c2[c-]ccc3c2oc2c4c(ccc23)-c2ccccc2C4)c1.[2H]C(C)(C)c1ccnc(-c2[c-]cc3c(ccc4ccccc43)c2)c1.[Ir]. The molecule has 1 aliphatic carbocycles. The normalized spacial score (nSPS) is 12.4. The van der Waals surface area contributed by atoms with Crippen LogP contribution in [-0.4, -0.2) is 9.97 Å². The zero-order valence-electron chi connectivity index (χ0n) is 31.1. The molecule has 1 radical (unpaired) electrons. The predicted molar refractivity (Wildman–Crippen MR) is 216 cm³/mol. The van der Waals surface area contributed by atoms with E-state index in [1.54, 1.807) is 6.20 Å². The fraction of sp³-hybridized carbons (Fsp3) is 0.143. The number of furan rings is 1. The predicted octanol–water partition coefficient (Wildman–Crippen LogP) is 13.1. The molecule has 0 atom stereocenters. The van der Waals surface area contributed by atoms with Crippen molar-refractivity contribution in [3.63, 3.8) is 0 Å². The van der Waals surface area contributed by atoms with Gasteiger partial charge in [-0.2, -0.15) is 0 Å². The summed E-state index contributed by atoms with van der Waals surface area (Å²) < 4.78 is 14.8.